The molecule has 0 aliphatic carbocycles. The quantitative estimate of drug-likeness (QED) is 0.856. The monoisotopic (exact) mass is 266 g/mol. The van der Waals surface area contributed by atoms with Crippen molar-refractivity contribution in [3.05, 3.63) is 35.6 Å². The molecule has 1 rings (SSSR count). The summed E-state index contributed by atoms with van der Waals surface area (Å²) in [6, 6.07) is 4.43. The highest BCUT2D eigenvalue weighted by Crippen LogP contribution is 2.09. The van der Waals surface area contributed by atoms with Crippen LogP contribution in [0.3, 0.4) is 0 Å². The standard InChI is InChI=1S/C14H18FNO3/c1-9(16-13(18)19-14(2,3)4)12(17)10-5-7-11(15)8-6-10/h5-9H,1-4H3,(H,16,18)/i15-1. The van der Waals surface area contributed by atoms with Crippen molar-refractivity contribution in [1.29, 1.82) is 0 Å². The van der Waals surface area contributed by atoms with Crippen molar-refractivity contribution in [3.8, 4) is 0 Å². The first-order valence-corrected chi connectivity index (χ1v) is 5.98. The van der Waals surface area contributed by atoms with Gasteiger partial charge in [0.25, 0.3) is 0 Å². The number of amides is 1. The average Bonchev–Trinajstić information content (AvgIpc) is 2.26. The number of ketones is 1. The summed E-state index contributed by atoms with van der Waals surface area (Å²) in [6.07, 6.45) is -0.657. The molecule has 0 heterocycles. The second-order valence-corrected chi connectivity index (χ2v) is 5.24. The number of hydrogen-bond acceptors (Lipinski definition) is 3. The zero-order chi connectivity index (χ0) is 14.6. The second kappa shape index (κ2) is 5.82. The van der Waals surface area contributed by atoms with Crippen molar-refractivity contribution in [2.45, 2.75) is 39.3 Å². The zero-order valence-corrected chi connectivity index (χ0v) is 11.5. The summed E-state index contributed by atoms with van der Waals surface area (Å²) in [4.78, 5) is 23.5. The Kier molecular flexibility index (Phi) is 4.64. The molecule has 1 aromatic carbocycles. The number of nitrogens with one attached hydrogen (secondary N) is 1. The summed E-state index contributed by atoms with van der Waals surface area (Å²) < 4.78 is 17.8. The third-order valence-electron chi connectivity index (χ3n) is 2.26. The summed E-state index contributed by atoms with van der Waals surface area (Å²) in [5.74, 6) is -0.713. The van der Waals surface area contributed by atoms with Gasteiger partial charge in [0.05, 0.1) is 6.04 Å². The highest BCUT2D eigenvalue weighted by atomic mass is 18.2. The molecule has 5 heteroatoms. The Bertz CT molecular complexity index is 463. The van der Waals surface area contributed by atoms with E-state index in [1.54, 1.807) is 27.7 Å². The zero-order valence-electron chi connectivity index (χ0n) is 11.5. The minimum absolute atomic E-state index is 0.300. The lowest BCUT2D eigenvalue weighted by Gasteiger charge is -2.21. The van der Waals surface area contributed by atoms with Crippen molar-refractivity contribution in [2.75, 3.05) is 0 Å². The number of benzene rings is 1. The number of carbonyl (C=O) groups excluding carboxylic acids is 2. The lowest BCUT2D eigenvalue weighted by atomic mass is 10.1. The highest BCUT2D eigenvalue weighted by Gasteiger charge is 2.21. The van der Waals surface area contributed by atoms with Gasteiger partial charge < -0.3 is 10.1 Å². The number of halogens is 1. The fourth-order valence-corrected chi connectivity index (χ4v) is 1.41. The Morgan fingerprint density at radius 1 is 1.21 bits per heavy atom. The van der Waals surface area contributed by atoms with Crippen LogP contribution < -0.4 is 5.32 Å². The minimum Gasteiger partial charge on any atom is -0.444 e. The molecule has 19 heavy (non-hydrogen) atoms. The molecule has 1 unspecified atom stereocenters. The van der Waals surface area contributed by atoms with E-state index in [0.29, 0.717) is 5.56 Å². The van der Waals surface area contributed by atoms with E-state index in [1.807, 2.05) is 0 Å². The van der Waals surface area contributed by atoms with Crippen LogP contribution in [0.5, 0.6) is 0 Å². The third-order valence-corrected chi connectivity index (χ3v) is 2.26. The fourth-order valence-electron chi connectivity index (χ4n) is 1.41. The van der Waals surface area contributed by atoms with Crippen LogP contribution >= 0.6 is 0 Å². The lowest BCUT2D eigenvalue weighted by molar-refractivity contribution is 0.0496. The van der Waals surface area contributed by atoms with Gasteiger partial charge in [0, 0.05) is 5.56 Å². The fraction of sp³-hybridized carbons (Fsp3) is 0.429. The molecule has 1 aromatic rings. The topological polar surface area (TPSA) is 55.4 Å². The number of ether oxygens (including phenoxy) is 1. The van der Waals surface area contributed by atoms with Crippen molar-refractivity contribution in [2.24, 2.45) is 0 Å². The molecule has 0 aliphatic rings. The van der Waals surface area contributed by atoms with Crippen molar-refractivity contribution >= 4 is 11.9 Å². The molecule has 0 radical (unpaired) electrons. The van der Waals surface area contributed by atoms with Gasteiger partial charge in [0.15, 0.2) is 5.78 Å². The highest BCUT2D eigenvalue weighted by molar-refractivity contribution is 6.01. The van der Waals surface area contributed by atoms with Crippen molar-refractivity contribution < 1.29 is 18.7 Å². The Hall–Kier alpha value is -1.91. The molecule has 0 aliphatic heterocycles. The van der Waals surface area contributed by atoms with Gasteiger partial charge in [-0.3, -0.25) is 4.79 Å². The molecule has 0 saturated heterocycles. The van der Waals surface area contributed by atoms with Gasteiger partial charge >= 0.3 is 6.09 Å². The van der Waals surface area contributed by atoms with Crippen LogP contribution in [-0.2, 0) is 4.74 Å². The Morgan fingerprint density at radius 2 is 1.74 bits per heavy atom. The molecule has 4 nitrogen and oxygen atoms in total. The van der Waals surface area contributed by atoms with Gasteiger partial charge in [0.1, 0.15) is 11.4 Å². The van der Waals surface area contributed by atoms with E-state index in [2.05, 4.69) is 5.32 Å². The molecular formula is C14H18FNO3. The first-order valence-electron chi connectivity index (χ1n) is 5.98. The van der Waals surface area contributed by atoms with E-state index < -0.39 is 23.6 Å². The van der Waals surface area contributed by atoms with Crippen LogP contribution in [0.25, 0.3) is 0 Å². The maximum Gasteiger partial charge on any atom is 0.408 e. The summed E-state index contributed by atoms with van der Waals surface area (Å²) in [7, 11) is 0. The molecule has 0 saturated carbocycles. The molecule has 0 spiro atoms. The molecule has 1 atom stereocenters. The summed E-state index contributed by atoms with van der Waals surface area (Å²) in [5.41, 5.74) is -0.284. The maximum atomic E-state index is 12.7. The van der Waals surface area contributed by atoms with E-state index in [9.17, 15) is 14.0 Å². The summed E-state index contributed by atoms with van der Waals surface area (Å²) in [6.45, 7) is 6.76. The molecule has 1 amide bonds. The molecule has 104 valence electrons. The van der Waals surface area contributed by atoms with Crippen LogP contribution in [0, 0.1) is 5.82 Å². The maximum absolute atomic E-state index is 12.7. The van der Waals surface area contributed by atoms with Crippen LogP contribution in [-0.4, -0.2) is 23.5 Å². The van der Waals surface area contributed by atoms with E-state index >= 15 is 0 Å². The average molecular weight is 266 g/mol. The Balaban J connectivity index is 2.63. The molecule has 1 N–H and O–H groups in total. The smallest absolute Gasteiger partial charge is 0.408 e. The SMILES string of the molecule is CC(NC(=O)OC(C)(C)C)C(=O)c1ccc([18F])cc1. The van der Waals surface area contributed by atoms with E-state index in [1.165, 1.54) is 24.3 Å². The predicted molar refractivity (Wildman–Crippen MR) is 69.6 cm³/mol. The van der Waals surface area contributed by atoms with Gasteiger partial charge in [-0.2, -0.15) is 0 Å². The van der Waals surface area contributed by atoms with Crippen LogP contribution in [0.2, 0.25) is 0 Å². The number of alkyl carbamates (subject to hydrolysis) is 1. The molecule has 0 aromatic heterocycles. The van der Waals surface area contributed by atoms with Crippen LogP contribution in [0.1, 0.15) is 38.1 Å². The normalized spacial score (nSPS) is 12.7. The largest absolute Gasteiger partial charge is 0.444 e. The van der Waals surface area contributed by atoms with Crippen molar-refractivity contribution in [3.63, 3.8) is 0 Å². The first-order chi connectivity index (χ1) is 8.69. The molecular weight excluding hydrogens is 248 g/mol. The molecule has 0 bridgehead atoms. The third kappa shape index (κ3) is 5.07. The van der Waals surface area contributed by atoms with Crippen molar-refractivity contribution in [1.82, 2.24) is 5.32 Å². The van der Waals surface area contributed by atoms with Gasteiger partial charge in [-0.1, -0.05) is 0 Å². The van der Waals surface area contributed by atoms with Gasteiger partial charge in [-0.15, -0.1) is 0 Å². The second-order valence-electron chi connectivity index (χ2n) is 5.24. The number of Topliss-reactive ketones (excluding diaryl/α,β-unsaturated/α-hetero) is 1. The lowest BCUT2D eigenvalue weighted by Crippen LogP contribution is -2.41. The van der Waals surface area contributed by atoms with E-state index in [4.69, 9.17) is 4.74 Å². The first kappa shape index (κ1) is 15.1. The van der Waals surface area contributed by atoms with Crippen LogP contribution in [0.4, 0.5) is 9.18 Å². The number of carbonyl (C=O) groups is 2. The number of hydrogen-bond donors (Lipinski definition) is 1. The molecule has 0 fully saturated rings. The van der Waals surface area contributed by atoms with Gasteiger partial charge in [0.2, 0.25) is 0 Å². The van der Waals surface area contributed by atoms with E-state index in [-0.39, 0.29) is 5.78 Å². The Morgan fingerprint density at radius 3 is 2.21 bits per heavy atom. The van der Waals surface area contributed by atoms with Gasteiger partial charge in [-0.05, 0) is 52.0 Å². The number of rotatable bonds is 3. The predicted octanol–water partition coefficient (Wildman–Crippen LogP) is 2.92. The van der Waals surface area contributed by atoms with E-state index in [0.717, 1.165) is 0 Å². The summed E-state index contributed by atoms with van der Waals surface area (Å²) >= 11 is 0. The van der Waals surface area contributed by atoms with Gasteiger partial charge in [-0.25, -0.2) is 9.18 Å². The van der Waals surface area contributed by atoms with Crippen LogP contribution in [0.15, 0.2) is 24.3 Å². The minimum atomic E-state index is -0.736. The summed E-state index contributed by atoms with van der Waals surface area (Å²) in [5, 5.41) is 2.44. The Labute approximate surface area is 112 Å².